The Hall–Kier alpha value is -3.05. The molecule has 1 atom stereocenters. The summed E-state index contributed by atoms with van der Waals surface area (Å²) >= 11 is 0. The fraction of sp³-hybridized carbons (Fsp3) is 0.227. The Morgan fingerprint density at radius 3 is 2.59 bits per heavy atom. The average Bonchev–Trinajstić information content (AvgIpc) is 2.73. The predicted molar refractivity (Wildman–Crippen MR) is 105 cm³/mol. The van der Waals surface area contributed by atoms with Gasteiger partial charge in [-0.3, -0.25) is 4.79 Å². The largest absolute Gasteiger partial charge is 0.486 e. The molecule has 1 aliphatic heterocycles. The highest BCUT2D eigenvalue weighted by Crippen LogP contribution is 2.32. The Bertz CT molecular complexity index is 982. The highest BCUT2D eigenvalue weighted by Gasteiger charge is 2.14. The molecule has 0 spiro atoms. The van der Waals surface area contributed by atoms with E-state index in [2.05, 4.69) is 17.2 Å². The van der Waals surface area contributed by atoms with Crippen molar-refractivity contribution >= 4 is 0 Å². The van der Waals surface area contributed by atoms with Gasteiger partial charge in [0.15, 0.2) is 11.5 Å². The molecule has 138 valence electrons. The van der Waals surface area contributed by atoms with Crippen LogP contribution in [0.2, 0.25) is 0 Å². The second-order valence-electron chi connectivity index (χ2n) is 6.61. The van der Waals surface area contributed by atoms with Gasteiger partial charge in [0.1, 0.15) is 13.2 Å². The molecule has 4 rings (SSSR count). The highest BCUT2D eigenvalue weighted by molar-refractivity contribution is 5.62. The lowest BCUT2D eigenvalue weighted by Crippen LogP contribution is -2.24. The quantitative estimate of drug-likeness (QED) is 0.727. The van der Waals surface area contributed by atoms with Crippen LogP contribution in [0.25, 0.3) is 11.1 Å². The highest BCUT2D eigenvalue weighted by atomic mass is 16.6. The Morgan fingerprint density at radius 1 is 1.00 bits per heavy atom. The van der Waals surface area contributed by atoms with Gasteiger partial charge in [0.2, 0.25) is 0 Å². The van der Waals surface area contributed by atoms with Crippen LogP contribution in [0, 0.1) is 0 Å². The Balaban J connectivity index is 1.49. The first kappa shape index (κ1) is 17.4. The van der Waals surface area contributed by atoms with Crippen LogP contribution in [0.15, 0.2) is 65.6 Å². The third-order valence-electron chi connectivity index (χ3n) is 4.75. The number of hydrogen-bond acceptors (Lipinski definition) is 4. The van der Waals surface area contributed by atoms with Gasteiger partial charge in [0.05, 0.1) is 0 Å². The number of pyridine rings is 1. The van der Waals surface area contributed by atoms with Crippen LogP contribution in [0.3, 0.4) is 0 Å². The Labute approximate surface area is 158 Å². The molecule has 1 aliphatic rings. The predicted octanol–water partition coefficient (Wildman–Crippen LogP) is 3.66. The van der Waals surface area contributed by atoms with Crippen LogP contribution in [0.4, 0.5) is 0 Å². The molecular formula is C22H22N2O3. The van der Waals surface area contributed by atoms with Crippen molar-refractivity contribution in [1.82, 2.24) is 10.3 Å². The smallest absolute Gasteiger partial charge is 0.252 e. The number of aromatic nitrogens is 1. The van der Waals surface area contributed by atoms with Crippen LogP contribution in [0.1, 0.15) is 24.1 Å². The van der Waals surface area contributed by atoms with Crippen molar-refractivity contribution in [3.63, 3.8) is 0 Å². The summed E-state index contributed by atoms with van der Waals surface area (Å²) in [5.41, 5.74) is 3.81. The summed E-state index contributed by atoms with van der Waals surface area (Å²) in [6, 6.07) is 18.0. The lowest BCUT2D eigenvalue weighted by Gasteiger charge is -2.21. The van der Waals surface area contributed by atoms with E-state index in [9.17, 15) is 4.79 Å². The van der Waals surface area contributed by atoms with Crippen molar-refractivity contribution in [1.29, 1.82) is 0 Å². The summed E-state index contributed by atoms with van der Waals surface area (Å²) in [5, 5.41) is 3.43. The number of benzene rings is 2. The first-order valence-electron chi connectivity index (χ1n) is 9.10. The van der Waals surface area contributed by atoms with Gasteiger partial charge in [0, 0.05) is 24.3 Å². The third-order valence-corrected chi connectivity index (χ3v) is 4.75. The Morgan fingerprint density at radius 2 is 1.78 bits per heavy atom. The maximum atomic E-state index is 12.2. The number of H-pyrrole nitrogens is 1. The van der Waals surface area contributed by atoms with Gasteiger partial charge in [-0.25, -0.2) is 0 Å². The monoisotopic (exact) mass is 362 g/mol. The molecule has 0 fully saturated rings. The zero-order chi connectivity index (χ0) is 18.6. The molecular weight excluding hydrogens is 340 g/mol. The topological polar surface area (TPSA) is 63.4 Å². The molecule has 2 N–H and O–H groups in total. The molecule has 3 aromatic rings. The van der Waals surface area contributed by atoms with Gasteiger partial charge in [-0.1, -0.05) is 36.4 Å². The lowest BCUT2D eigenvalue weighted by atomic mass is 10.0. The molecule has 0 bridgehead atoms. The molecule has 5 heteroatoms. The second kappa shape index (κ2) is 7.68. The standard InChI is InChI=1S/C22H22N2O3/c1-15(17-7-8-20-21(12-17)27-10-9-26-20)23-14-19-11-18(13-24-22(19)25)16-5-3-2-4-6-16/h2-8,11-13,15,23H,9-10,14H2,1H3,(H,24,25). The van der Waals surface area contributed by atoms with E-state index < -0.39 is 0 Å². The molecule has 1 unspecified atom stereocenters. The third kappa shape index (κ3) is 3.88. The molecule has 0 radical (unpaired) electrons. The molecule has 1 aromatic heterocycles. The van der Waals surface area contributed by atoms with Gasteiger partial charge in [-0.15, -0.1) is 0 Å². The van der Waals surface area contributed by atoms with E-state index in [4.69, 9.17) is 9.47 Å². The fourth-order valence-electron chi connectivity index (χ4n) is 3.17. The number of ether oxygens (including phenoxy) is 2. The SMILES string of the molecule is CC(NCc1cc(-c2ccccc2)c[nH]c1=O)c1ccc2c(c1)OCCO2. The van der Waals surface area contributed by atoms with Gasteiger partial charge in [-0.2, -0.15) is 0 Å². The van der Waals surface area contributed by atoms with E-state index in [-0.39, 0.29) is 11.6 Å². The van der Waals surface area contributed by atoms with E-state index in [1.807, 2.05) is 54.6 Å². The molecule has 5 nitrogen and oxygen atoms in total. The minimum atomic E-state index is -0.0726. The summed E-state index contributed by atoms with van der Waals surface area (Å²) in [5.74, 6) is 1.56. The number of hydrogen-bond donors (Lipinski definition) is 2. The van der Waals surface area contributed by atoms with Crippen molar-refractivity contribution in [2.75, 3.05) is 13.2 Å². The van der Waals surface area contributed by atoms with Crippen LogP contribution in [-0.2, 0) is 6.54 Å². The van der Waals surface area contributed by atoms with Gasteiger partial charge in [-0.05, 0) is 41.8 Å². The summed E-state index contributed by atoms with van der Waals surface area (Å²) < 4.78 is 11.2. The number of fused-ring (bicyclic) bond motifs is 1. The number of nitrogens with one attached hydrogen (secondary N) is 2. The van der Waals surface area contributed by atoms with E-state index in [1.165, 1.54) is 0 Å². The van der Waals surface area contributed by atoms with Crippen LogP contribution in [0.5, 0.6) is 11.5 Å². The molecule has 2 heterocycles. The lowest BCUT2D eigenvalue weighted by molar-refractivity contribution is 0.171. The summed E-state index contributed by atoms with van der Waals surface area (Å²) in [4.78, 5) is 15.1. The molecule has 0 amide bonds. The molecule has 0 aliphatic carbocycles. The van der Waals surface area contributed by atoms with Crippen molar-refractivity contribution in [3.05, 3.63) is 82.3 Å². The van der Waals surface area contributed by atoms with Crippen LogP contribution < -0.4 is 20.3 Å². The number of aromatic amines is 1. The fourth-order valence-corrected chi connectivity index (χ4v) is 3.17. The van der Waals surface area contributed by atoms with E-state index >= 15 is 0 Å². The maximum absolute atomic E-state index is 12.2. The first-order chi connectivity index (χ1) is 13.2. The van der Waals surface area contributed by atoms with Crippen molar-refractivity contribution < 1.29 is 9.47 Å². The molecule has 0 saturated carbocycles. The summed E-state index contributed by atoms with van der Waals surface area (Å²) in [7, 11) is 0. The van der Waals surface area contributed by atoms with Crippen molar-refractivity contribution in [2.45, 2.75) is 19.5 Å². The van der Waals surface area contributed by atoms with Gasteiger partial charge in [0.25, 0.3) is 5.56 Å². The summed E-state index contributed by atoms with van der Waals surface area (Å²) in [6.45, 7) is 3.70. The zero-order valence-electron chi connectivity index (χ0n) is 15.2. The molecule has 27 heavy (non-hydrogen) atoms. The Kier molecular flexibility index (Phi) is 4.94. The minimum absolute atomic E-state index is 0.0700. The number of rotatable bonds is 5. The van der Waals surface area contributed by atoms with Gasteiger partial charge < -0.3 is 19.8 Å². The minimum Gasteiger partial charge on any atom is -0.486 e. The van der Waals surface area contributed by atoms with Gasteiger partial charge >= 0.3 is 0 Å². The molecule has 0 saturated heterocycles. The second-order valence-corrected chi connectivity index (χ2v) is 6.61. The van der Waals surface area contributed by atoms with E-state index in [0.29, 0.717) is 25.3 Å². The van der Waals surface area contributed by atoms with Crippen molar-refractivity contribution in [3.8, 4) is 22.6 Å². The first-order valence-corrected chi connectivity index (χ1v) is 9.10. The van der Waals surface area contributed by atoms with Crippen molar-refractivity contribution in [2.24, 2.45) is 0 Å². The maximum Gasteiger partial charge on any atom is 0.252 e. The average molecular weight is 362 g/mol. The zero-order valence-corrected chi connectivity index (χ0v) is 15.2. The summed E-state index contributed by atoms with van der Waals surface area (Å²) in [6.07, 6.45) is 1.76. The normalized spacial score (nSPS) is 14.0. The van der Waals surface area contributed by atoms with Crippen LogP contribution in [-0.4, -0.2) is 18.2 Å². The molecule has 2 aromatic carbocycles. The van der Waals surface area contributed by atoms with Crippen LogP contribution >= 0.6 is 0 Å². The van der Waals surface area contributed by atoms with E-state index in [1.54, 1.807) is 6.20 Å². The van der Waals surface area contributed by atoms with E-state index in [0.717, 1.165) is 28.2 Å².